The first-order valence-corrected chi connectivity index (χ1v) is 5.83. The van der Waals surface area contributed by atoms with Gasteiger partial charge in [-0.1, -0.05) is 5.16 Å². The van der Waals surface area contributed by atoms with Gasteiger partial charge in [-0.25, -0.2) is 0 Å². The van der Waals surface area contributed by atoms with Crippen LogP contribution in [-0.2, 0) is 7.05 Å². The summed E-state index contributed by atoms with van der Waals surface area (Å²) in [7, 11) is 1.77. The van der Waals surface area contributed by atoms with Gasteiger partial charge >= 0.3 is 0 Å². The van der Waals surface area contributed by atoms with E-state index in [0.29, 0.717) is 17.8 Å². The molecule has 0 aliphatic carbocycles. The van der Waals surface area contributed by atoms with Crippen LogP contribution in [0.3, 0.4) is 0 Å². The van der Waals surface area contributed by atoms with Crippen LogP contribution < -0.4 is 5.73 Å². The van der Waals surface area contributed by atoms with Gasteiger partial charge in [0.05, 0.1) is 17.3 Å². The first-order valence-electron chi connectivity index (χ1n) is 5.83. The van der Waals surface area contributed by atoms with E-state index in [1.54, 1.807) is 29.7 Å². The van der Waals surface area contributed by atoms with Gasteiger partial charge < -0.3 is 15.8 Å². The Labute approximate surface area is 105 Å². The van der Waals surface area contributed by atoms with Crippen molar-refractivity contribution in [1.29, 1.82) is 0 Å². The number of carbonyl (C=O) groups is 1. The average molecular weight is 251 g/mol. The van der Waals surface area contributed by atoms with Gasteiger partial charge in [-0.2, -0.15) is 5.10 Å². The molecule has 0 bridgehead atoms. The number of likely N-dealkylation sites (tertiary alicyclic amines) is 1. The second-order valence-corrected chi connectivity index (χ2v) is 4.48. The van der Waals surface area contributed by atoms with Crippen LogP contribution in [0.15, 0.2) is 11.4 Å². The van der Waals surface area contributed by atoms with Crippen LogP contribution in [-0.4, -0.2) is 44.2 Å². The zero-order valence-electron chi connectivity index (χ0n) is 10.5. The molecule has 7 heteroatoms. The summed E-state index contributed by atoms with van der Waals surface area (Å²) in [6.45, 7) is 2.41. The summed E-state index contributed by atoms with van der Waals surface area (Å²) in [5.74, 6) is -0.0305. The molecule has 2 heterocycles. The van der Waals surface area contributed by atoms with Crippen molar-refractivity contribution in [2.24, 2.45) is 17.9 Å². The zero-order valence-corrected chi connectivity index (χ0v) is 10.5. The maximum Gasteiger partial charge on any atom is 0.257 e. The standard InChI is InChI=1S/C11H17N5O2/c1-7-8(6-15(2)13-7)11(17)16-5-3-4-9(16)10(12)14-18/h6,9,18H,3-5H2,1-2H3,(H2,12,14). The molecule has 0 aromatic carbocycles. The van der Waals surface area contributed by atoms with Crippen LogP contribution >= 0.6 is 0 Å². The Kier molecular flexibility index (Phi) is 3.22. The highest BCUT2D eigenvalue weighted by atomic mass is 16.4. The minimum Gasteiger partial charge on any atom is -0.409 e. The summed E-state index contributed by atoms with van der Waals surface area (Å²) >= 11 is 0. The summed E-state index contributed by atoms with van der Waals surface area (Å²) in [4.78, 5) is 14.0. The second kappa shape index (κ2) is 4.67. The van der Waals surface area contributed by atoms with Crippen molar-refractivity contribution in [2.45, 2.75) is 25.8 Å². The molecule has 2 rings (SSSR count). The molecule has 0 radical (unpaired) electrons. The minimum absolute atomic E-state index is 0.0855. The van der Waals surface area contributed by atoms with E-state index in [0.717, 1.165) is 12.8 Å². The van der Waals surface area contributed by atoms with E-state index < -0.39 is 0 Å². The molecule has 0 saturated carbocycles. The van der Waals surface area contributed by atoms with Crippen LogP contribution in [0, 0.1) is 6.92 Å². The monoisotopic (exact) mass is 251 g/mol. The number of hydrogen-bond acceptors (Lipinski definition) is 4. The Balaban J connectivity index is 2.26. The van der Waals surface area contributed by atoms with E-state index in [1.165, 1.54) is 0 Å². The van der Waals surface area contributed by atoms with Crippen molar-refractivity contribution in [1.82, 2.24) is 14.7 Å². The van der Waals surface area contributed by atoms with E-state index in [4.69, 9.17) is 10.9 Å². The molecule has 1 aromatic rings. The summed E-state index contributed by atoms with van der Waals surface area (Å²) in [5.41, 5.74) is 6.87. The SMILES string of the molecule is Cc1nn(C)cc1C(=O)N1CCCC1/C(N)=N/O. The van der Waals surface area contributed by atoms with Crippen LogP contribution in [0.25, 0.3) is 0 Å². The number of rotatable bonds is 2. The molecule has 1 atom stereocenters. The van der Waals surface area contributed by atoms with Crippen molar-refractivity contribution in [3.05, 3.63) is 17.5 Å². The Hall–Kier alpha value is -2.05. The molecule has 18 heavy (non-hydrogen) atoms. The Morgan fingerprint density at radius 1 is 1.67 bits per heavy atom. The average Bonchev–Trinajstić information content (AvgIpc) is 2.94. The van der Waals surface area contributed by atoms with E-state index in [2.05, 4.69) is 10.3 Å². The van der Waals surface area contributed by atoms with Gasteiger partial charge in [0.25, 0.3) is 5.91 Å². The highest BCUT2D eigenvalue weighted by Crippen LogP contribution is 2.21. The fraction of sp³-hybridized carbons (Fsp3) is 0.545. The maximum atomic E-state index is 12.4. The van der Waals surface area contributed by atoms with Crippen molar-refractivity contribution in [2.75, 3.05) is 6.54 Å². The molecule has 3 N–H and O–H groups in total. The number of amides is 1. The molecule has 1 amide bonds. The molecule has 0 spiro atoms. The lowest BCUT2D eigenvalue weighted by atomic mass is 10.2. The van der Waals surface area contributed by atoms with Gasteiger partial charge in [0, 0.05) is 19.8 Å². The van der Waals surface area contributed by atoms with E-state index >= 15 is 0 Å². The molecule has 1 saturated heterocycles. The number of aryl methyl sites for hydroxylation is 2. The summed E-state index contributed by atoms with van der Waals surface area (Å²) in [6.07, 6.45) is 3.27. The van der Waals surface area contributed by atoms with Gasteiger partial charge in [-0.15, -0.1) is 0 Å². The molecule has 98 valence electrons. The molecular weight excluding hydrogens is 234 g/mol. The quantitative estimate of drug-likeness (QED) is 0.336. The van der Waals surface area contributed by atoms with Crippen molar-refractivity contribution < 1.29 is 10.0 Å². The Morgan fingerprint density at radius 3 is 2.94 bits per heavy atom. The number of amidine groups is 1. The molecule has 1 aliphatic rings. The third kappa shape index (κ3) is 2.03. The molecule has 7 nitrogen and oxygen atoms in total. The van der Waals surface area contributed by atoms with Crippen molar-refractivity contribution in [3.63, 3.8) is 0 Å². The first kappa shape index (κ1) is 12.4. The topological polar surface area (TPSA) is 96.7 Å². The lowest BCUT2D eigenvalue weighted by molar-refractivity contribution is 0.0767. The number of nitrogens with two attached hydrogens (primary N) is 1. The zero-order chi connectivity index (χ0) is 13.3. The molecule has 1 unspecified atom stereocenters. The normalized spacial score (nSPS) is 20.4. The summed E-state index contributed by atoms with van der Waals surface area (Å²) in [6, 6.07) is -0.317. The van der Waals surface area contributed by atoms with Gasteiger partial charge in [-0.05, 0) is 19.8 Å². The van der Waals surface area contributed by atoms with Crippen LogP contribution in [0.4, 0.5) is 0 Å². The van der Waals surface area contributed by atoms with Gasteiger partial charge in [-0.3, -0.25) is 9.48 Å². The smallest absolute Gasteiger partial charge is 0.257 e. The fourth-order valence-electron chi connectivity index (χ4n) is 2.35. The number of hydrogen-bond donors (Lipinski definition) is 2. The van der Waals surface area contributed by atoms with E-state index in [1.807, 2.05) is 0 Å². The molecule has 1 aromatic heterocycles. The van der Waals surface area contributed by atoms with E-state index in [-0.39, 0.29) is 17.8 Å². The van der Waals surface area contributed by atoms with Crippen LogP contribution in [0.2, 0.25) is 0 Å². The fourth-order valence-corrected chi connectivity index (χ4v) is 2.35. The van der Waals surface area contributed by atoms with Crippen LogP contribution in [0.5, 0.6) is 0 Å². The highest BCUT2D eigenvalue weighted by Gasteiger charge is 2.33. The molecule has 1 aliphatic heterocycles. The molecule has 1 fully saturated rings. The highest BCUT2D eigenvalue weighted by molar-refractivity contribution is 5.99. The number of aromatic nitrogens is 2. The predicted molar refractivity (Wildman–Crippen MR) is 65.4 cm³/mol. The van der Waals surface area contributed by atoms with Crippen molar-refractivity contribution >= 4 is 11.7 Å². The minimum atomic E-state index is -0.317. The summed E-state index contributed by atoms with van der Waals surface area (Å²) in [5, 5.41) is 15.9. The van der Waals surface area contributed by atoms with Gasteiger partial charge in [0.15, 0.2) is 5.84 Å². The lowest BCUT2D eigenvalue weighted by Crippen LogP contribution is -2.44. The maximum absolute atomic E-state index is 12.4. The largest absolute Gasteiger partial charge is 0.409 e. The van der Waals surface area contributed by atoms with Gasteiger partial charge in [0.1, 0.15) is 0 Å². The predicted octanol–water partition coefficient (Wildman–Crippen LogP) is 0.0795. The number of carbonyl (C=O) groups excluding carboxylic acids is 1. The number of oxime groups is 1. The third-order valence-electron chi connectivity index (χ3n) is 3.21. The Bertz CT molecular complexity index is 494. The second-order valence-electron chi connectivity index (χ2n) is 4.48. The summed E-state index contributed by atoms with van der Waals surface area (Å²) < 4.78 is 1.61. The lowest BCUT2D eigenvalue weighted by Gasteiger charge is -2.23. The third-order valence-corrected chi connectivity index (χ3v) is 3.21. The Morgan fingerprint density at radius 2 is 2.39 bits per heavy atom. The van der Waals surface area contributed by atoms with Gasteiger partial charge in [0.2, 0.25) is 0 Å². The molecular formula is C11H17N5O2. The van der Waals surface area contributed by atoms with E-state index in [9.17, 15) is 4.79 Å². The number of nitrogens with zero attached hydrogens (tertiary/aromatic N) is 4. The first-order chi connectivity index (χ1) is 8.54. The van der Waals surface area contributed by atoms with Crippen molar-refractivity contribution in [3.8, 4) is 0 Å². The van der Waals surface area contributed by atoms with Crippen LogP contribution in [0.1, 0.15) is 28.9 Å².